The minimum atomic E-state index is 0.640. The van der Waals surface area contributed by atoms with Gasteiger partial charge >= 0.3 is 0 Å². The van der Waals surface area contributed by atoms with Crippen LogP contribution in [0.15, 0.2) is 59.7 Å². The monoisotopic (exact) mass is 368 g/mol. The van der Waals surface area contributed by atoms with E-state index in [2.05, 4.69) is 48.3 Å². The van der Waals surface area contributed by atoms with E-state index in [0.717, 1.165) is 21.2 Å². The summed E-state index contributed by atoms with van der Waals surface area (Å²) in [5.41, 5.74) is 2.99. The predicted octanol–water partition coefficient (Wildman–Crippen LogP) is 2.88. The average molecular weight is 369 g/mol. The fourth-order valence-corrected chi connectivity index (χ4v) is 2.76. The van der Waals surface area contributed by atoms with Gasteiger partial charge in [0.2, 0.25) is 0 Å². The highest BCUT2D eigenvalue weighted by molar-refractivity contribution is 9.10. The molecule has 0 amide bonds. The lowest BCUT2D eigenvalue weighted by Gasteiger charge is -2.01. The van der Waals surface area contributed by atoms with Crippen molar-refractivity contribution in [3.63, 3.8) is 0 Å². The summed E-state index contributed by atoms with van der Waals surface area (Å²) in [7, 11) is 0. The first kappa shape index (κ1) is 14.1. The number of nitrogens with zero attached hydrogens (tertiary/aromatic N) is 6. The SMILES string of the molecule is Brc1ccc(Cn2cc(Cn3ccc4cncnc43)nn2)cc1. The fourth-order valence-electron chi connectivity index (χ4n) is 2.50. The number of hydrogen-bond acceptors (Lipinski definition) is 4. The largest absolute Gasteiger partial charge is 0.326 e. The van der Waals surface area contributed by atoms with E-state index in [1.807, 2.05) is 46.0 Å². The summed E-state index contributed by atoms with van der Waals surface area (Å²) in [6.07, 6.45) is 7.33. The van der Waals surface area contributed by atoms with Gasteiger partial charge in [0, 0.05) is 22.3 Å². The minimum Gasteiger partial charge on any atom is -0.326 e. The van der Waals surface area contributed by atoms with Crippen molar-refractivity contribution in [1.82, 2.24) is 29.5 Å². The molecule has 0 aliphatic carbocycles. The second kappa shape index (κ2) is 5.92. The molecule has 0 fully saturated rings. The molecular formula is C16H13BrN6. The Morgan fingerprint density at radius 3 is 2.78 bits per heavy atom. The zero-order valence-electron chi connectivity index (χ0n) is 12.2. The first-order valence-corrected chi connectivity index (χ1v) is 7.95. The zero-order chi connectivity index (χ0) is 15.6. The van der Waals surface area contributed by atoms with Crippen LogP contribution in [-0.2, 0) is 13.1 Å². The number of halogens is 1. The second-order valence-corrected chi connectivity index (χ2v) is 6.19. The van der Waals surface area contributed by atoms with Crippen molar-refractivity contribution in [3.05, 3.63) is 71.0 Å². The van der Waals surface area contributed by atoms with Crippen LogP contribution in [0, 0.1) is 0 Å². The van der Waals surface area contributed by atoms with E-state index < -0.39 is 0 Å². The van der Waals surface area contributed by atoms with Gasteiger partial charge in [0.15, 0.2) is 0 Å². The molecule has 0 spiro atoms. The van der Waals surface area contributed by atoms with Crippen LogP contribution in [0.25, 0.3) is 11.0 Å². The van der Waals surface area contributed by atoms with Crippen molar-refractivity contribution < 1.29 is 0 Å². The van der Waals surface area contributed by atoms with Gasteiger partial charge in [0.25, 0.3) is 0 Å². The first-order chi connectivity index (χ1) is 11.3. The van der Waals surface area contributed by atoms with E-state index in [-0.39, 0.29) is 0 Å². The smallest absolute Gasteiger partial charge is 0.143 e. The number of hydrogen-bond donors (Lipinski definition) is 0. The topological polar surface area (TPSA) is 61.4 Å². The lowest BCUT2D eigenvalue weighted by molar-refractivity contribution is 0.648. The van der Waals surface area contributed by atoms with E-state index in [9.17, 15) is 0 Å². The predicted molar refractivity (Wildman–Crippen MR) is 89.9 cm³/mol. The lowest BCUT2D eigenvalue weighted by Crippen LogP contribution is -2.00. The summed E-state index contributed by atoms with van der Waals surface area (Å²) < 4.78 is 4.96. The second-order valence-electron chi connectivity index (χ2n) is 5.28. The number of fused-ring (bicyclic) bond motifs is 1. The highest BCUT2D eigenvalue weighted by atomic mass is 79.9. The molecule has 114 valence electrons. The molecule has 0 saturated heterocycles. The molecule has 6 nitrogen and oxygen atoms in total. The third-order valence-corrected chi connectivity index (χ3v) is 4.13. The maximum Gasteiger partial charge on any atom is 0.143 e. The molecule has 0 aliphatic heterocycles. The van der Waals surface area contributed by atoms with Gasteiger partial charge in [-0.25, -0.2) is 14.6 Å². The zero-order valence-corrected chi connectivity index (χ0v) is 13.8. The van der Waals surface area contributed by atoms with Crippen molar-refractivity contribution in [3.8, 4) is 0 Å². The highest BCUT2D eigenvalue weighted by Gasteiger charge is 2.06. The summed E-state index contributed by atoms with van der Waals surface area (Å²) >= 11 is 3.44. The van der Waals surface area contributed by atoms with Crippen LogP contribution in [0.1, 0.15) is 11.3 Å². The van der Waals surface area contributed by atoms with Crippen molar-refractivity contribution in [2.24, 2.45) is 0 Å². The van der Waals surface area contributed by atoms with Crippen LogP contribution < -0.4 is 0 Å². The van der Waals surface area contributed by atoms with Crippen LogP contribution >= 0.6 is 15.9 Å². The molecular weight excluding hydrogens is 356 g/mol. The molecule has 1 aromatic carbocycles. The van der Waals surface area contributed by atoms with Crippen molar-refractivity contribution in [1.29, 1.82) is 0 Å². The number of rotatable bonds is 4. The number of aromatic nitrogens is 6. The van der Waals surface area contributed by atoms with E-state index in [4.69, 9.17) is 0 Å². The molecule has 0 radical (unpaired) electrons. The Morgan fingerprint density at radius 1 is 1.04 bits per heavy atom. The van der Waals surface area contributed by atoms with Gasteiger partial charge in [0.05, 0.1) is 19.3 Å². The maximum atomic E-state index is 4.31. The van der Waals surface area contributed by atoms with Crippen LogP contribution in [0.5, 0.6) is 0 Å². The molecule has 0 bridgehead atoms. The Bertz CT molecular complexity index is 941. The first-order valence-electron chi connectivity index (χ1n) is 7.16. The summed E-state index contributed by atoms with van der Waals surface area (Å²) in [5, 5.41) is 9.48. The molecule has 4 aromatic rings. The van der Waals surface area contributed by atoms with E-state index >= 15 is 0 Å². The fraction of sp³-hybridized carbons (Fsp3) is 0.125. The third-order valence-electron chi connectivity index (χ3n) is 3.60. The van der Waals surface area contributed by atoms with Crippen molar-refractivity contribution >= 4 is 27.0 Å². The van der Waals surface area contributed by atoms with Crippen LogP contribution in [0.3, 0.4) is 0 Å². The van der Waals surface area contributed by atoms with Crippen LogP contribution in [0.2, 0.25) is 0 Å². The van der Waals surface area contributed by atoms with E-state index in [1.54, 1.807) is 6.33 Å². The maximum absolute atomic E-state index is 4.31. The van der Waals surface area contributed by atoms with Gasteiger partial charge < -0.3 is 4.57 Å². The Morgan fingerprint density at radius 2 is 1.91 bits per heavy atom. The molecule has 4 rings (SSSR count). The van der Waals surface area contributed by atoms with Gasteiger partial charge in [-0.05, 0) is 23.8 Å². The Kier molecular flexibility index (Phi) is 3.63. The molecule has 23 heavy (non-hydrogen) atoms. The lowest BCUT2D eigenvalue weighted by atomic mass is 10.2. The summed E-state index contributed by atoms with van der Waals surface area (Å²) in [6, 6.07) is 10.2. The Labute approximate surface area is 140 Å². The number of benzene rings is 1. The quantitative estimate of drug-likeness (QED) is 0.555. The van der Waals surface area contributed by atoms with Crippen LogP contribution in [-0.4, -0.2) is 29.5 Å². The summed E-state index contributed by atoms with van der Waals surface area (Å²) in [4.78, 5) is 8.34. The standard InChI is InChI=1S/C16H13BrN6/c17-14-3-1-12(2-4-14)8-23-10-15(20-21-23)9-22-6-5-13-7-18-11-19-16(13)22/h1-7,10-11H,8-9H2. The van der Waals surface area contributed by atoms with Gasteiger partial charge in [-0.3, -0.25) is 0 Å². The van der Waals surface area contributed by atoms with Crippen LogP contribution in [0.4, 0.5) is 0 Å². The molecule has 0 atom stereocenters. The molecule has 7 heteroatoms. The molecule has 3 heterocycles. The summed E-state index contributed by atoms with van der Waals surface area (Å²) in [6.45, 7) is 1.34. The van der Waals surface area contributed by atoms with E-state index in [1.165, 1.54) is 5.56 Å². The normalized spacial score (nSPS) is 11.2. The molecule has 3 aromatic heterocycles. The highest BCUT2D eigenvalue weighted by Crippen LogP contribution is 2.14. The van der Waals surface area contributed by atoms with E-state index in [0.29, 0.717) is 13.1 Å². The third kappa shape index (κ3) is 3.00. The Balaban J connectivity index is 1.52. The molecule has 0 N–H and O–H groups in total. The molecule has 0 saturated carbocycles. The van der Waals surface area contributed by atoms with Gasteiger partial charge in [0.1, 0.15) is 17.7 Å². The Hall–Kier alpha value is -2.54. The van der Waals surface area contributed by atoms with Crippen molar-refractivity contribution in [2.45, 2.75) is 13.1 Å². The van der Waals surface area contributed by atoms with Gasteiger partial charge in [-0.15, -0.1) is 5.10 Å². The average Bonchev–Trinajstić information content (AvgIpc) is 3.18. The summed E-state index contributed by atoms with van der Waals surface area (Å²) in [5.74, 6) is 0. The van der Waals surface area contributed by atoms with Gasteiger partial charge in [-0.2, -0.15) is 0 Å². The molecule has 0 aliphatic rings. The van der Waals surface area contributed by atoms with Gasteiger partial charge in [-0.1, -0.05) is 33.3 Å². The van der Waals surface area contributed by atoms with Crippen molar-refractivity contribution in [2.75, 3.05) is 0 Å². The molecule has 0 unspecified atom stereocenters. The minimum absolute atomic E-state index is 0.640.